The fraction of sp³-hybridized carbons (Fsp3) is 0.533. The van der Waals surface area contributed by atoms with Crippen LogP contribution in [0.2, 0.25) is 0 Å². The topological polar surface area (TPSA) is 79.0 Å². The Hall–Kier alpha value is -1.51. The van der Waals surface area contributed by atoms with Crippen LogP contribution in [0.5, 0.6) is 5.75 Å². The summed E-state index contributed by atoms with van der Waals surface area (Å²) in [6, 6.07) is 7.68. The summed E-state index contributed by atoms with van der Waals surface area (Å²) in [5.41, 5.74) is 0.964. The zero-order valence-electron chi connectivity index (χ0n) is 13.6. The number of para-hydroxylation sites is 2. The highest BCUT2D eigenvalue weighted by Crippen LogP contribution is 2.28. The fourth-order valence-corrected chi connectivity index (χ4v) is 4.03. The number of sulfonamides is 1. The van der Waals surface area contributed by atoms with E-state index >= 15 is 0 Å². The molecule has 134 valence electrons. The normalized spacial score (nSPS) is 16.0. The van der Waals surface area contributed by atoms with Gasteiger partial charge in [-0.1, -0.05) is 12.1 Å². The van der Waals surface area contributed by atoms with Crippen LogP contribution in [0.25, 0.3) is 0 Å². The van der Waals surface area contributed by atoms with E-state index in [-0.39, 0.29) is 24.1 Å². The molecular weight excluding hydrogens is 354 g/mol. The van der Waals surface area contributed by atoms with Crippen molar-refractivity contribution in [3.63, 3.8) is 0 Å². The lowest BCUT2D eigenvalue weighted by Crippen LogP contribution is -2.50. The van der Waals surface area contributed by atoms with Crippen LogP contribution in [0.4, 0.5) is 5.69 Å². The average Bonchev–Trinajstić information content (AvgIpc) is 2.61. The van der Waals surface area contributed by atoms with Crippen LogP contribution in [0, 0.1) is 0 Å². The highest BCUT2D eigenvalue weighted by Gasteiger charge is 2.27. The quantitative estimate of drug-likeness (QED) is 0.702. The Morgan fingerprint density at radius 1 is 1.25 bits per heavy atom. The molecule has 2 rings (SSSR count). The summed E-state index contributed by atoms with van der Waals surface area (Å²) in [5, 5.41) is 2.47. The van der Waals surface area contributed by atoms with Crippen molar-refractivity contribution in [1.82, 2.24) is 9.62 Å². The summed E-state index contributed by atoms with van der Waals surface area (Å²) in [7, 11) is -1.77. The number of hydrogen-bond donors (Lipinski definition) is 1. The van der Waals surface area contributed by atoms with Gasteiger partial charge in [-0.3, -0.25) is 4.79 Å². The largest absolute Gasteiger partial charge is 0.495 e. The number of amides is 1. The molecule has 9 heteroatoms. The Bertz CT molecular complexity index is 660. The molecule has 0 spiro atoms. The minimum absolute atomic E-state index is 0.0700. The number of ether oxygens (including phenoxy) is 1. The average molecular weight is 376 g/mol. The number of alkyl halides is 1. The summed E-state index contributed by atoms with van der Waals surface area (Å²) in [6.07, 6.45) is 0. The van der Waals surface area contributed by atoms with E-state index in [1.165, 1.54) is 4.31 Å². The first kappa shape index (κ1) is 18.8. The van der Waals surface area contributed by atoms with Gasteiger partial charge in [0.05, 0.1) is 18.6 Å². The van der Waals surface area contributed by atoms with E-state index in [4.69, 9.17) is 16.3 Å². The molecule has 1 aromatic carbocycles. The van der Waals surface area contributed by atoms with Crippen LogP contribution in [0.15, 0.2) is 24.3 Å². The molecule has 1 aliphatic rings. The molecule has 0 aromatic heterocycles. The third-order valence-corrected chi connectivity index (χ3v) is 5.98. The molecular formula is C15H22ClN3O4S. The molecule has 1 aromatic rings. The molecule has 0 saturated carbocycles. The molecule has 0 bridgehead atoms. The summed E-state index contributed by atoms with van der Waals surface area (Å²) < 4.78 is 31.5. The molecule has 1 fully saturated rings. The number of carbonyl (C=O) groups is 1. The third-order valence-electron chi connectivity index (χ3n) is 3.86. The van der Waals surface area contributed by atoms with E-state index in [9.17, 15) is 13.2 Å². The minimum Gasteiger partial charge on any atom is -0.495 e. The predicted octanol–water partition coefficient (Wildman–Crippen LogP) is 0.502. The molecule has 0 atom stereocenters. The summed E-state index contributed by atoms with van der Waals surface area (Å²) in [5.74, 6) is 0.118. The molecule has 1 amide bonds. The molecule has 7 nitrogen and oxygen atoms in total. The number of rotatable bonds is 7. The Morgan fingerprint density at radius 2 is 1.92 bits per heavy atom. The molecule has 1 aliphatic heterocycles. The van der Waals surface area contributed by atoms with Crippen LogP contribution in [0.3, 0.4) is 0 Å². The van der Waals surface area contributed by atoms with E-state index in [1.807, 2.05) is 24.3 Å². The summed E-state index contributed by atoms with van der Waals surface area (Å²) in [4.78, 5) is 13.2. The Morgan fingerprint density at radius 3 is 2.54 bits per heavy atom. The SMILES string of the molecule is COc1ccccc1N1CCN(S(=O)(=O)CCNC(=O)CCl)CC1. The van der Waals surface area contributed by atoms with Gasteiger partial charge in [-0.15, -0.1) is 11.6 Å². The molecule has 1 heterocycles. The molecule has 0 aliphatic carbocycles. The van der Waals surface area contributed by atoms with Gasteiger partial charge in [-0.2, -0.15) is 4.31 Å². The molecule has 0 unspecified atom stereocenters. The summed E-state index contributed by atoms with van der Waals surface area (Å²) >= 11 is 5.36. The number of nitrogens with one attached hydrogen (secondary N) is 1. The van der Waals surface area contributed by atoms with Crippen LogP contribution in [0.1, 0.15) is 0 Å². The zero-order chi connectivity index (χ0) is 17.6. The van der Waals surface area contributed by atoms with Crippen molar-refractivity contribution in [2.24, 2.45) is 0 Å². The predicted molar refractivity (Wildman–Crippen MR) is 94.3 cm³/mol. The van der Waals surface area contributed by atoms with Crippen molar-refractivity contribution in [2.75, 3.05) is 56.4 Å². The smallest absolute Gasteiger partial charge is 0.234 e. The number of benzene rings is 1. The molecule has 24 heavy (non-hydrogen) atoms. The minimum atomic E-state index is -3.39. The number of halogens is 1. The van der Waals surface area contributed by atoms with Crippen molar-refractivity contribution < 1.29 is 17.9 Å². The Kier molecular flexibility index (Phi) is 6.70. The van der Waals surface area contributed by atoms with Gasteiger partial charge < -0.3 is 15.0 Å². The van der Waals surface area contributed by atoms with Gasteiger partial charge in [0.2, 0.25) is 15.9 Å². The summed E-state index contributed by atoms with van der Waals surface area (Å²) in [6.45, 7) is 2.07. The highest BCUT2D eigenvalue weighted by atomic mass is 35.5. The van der Waals surface area contributed by atoms with Gasteiger partial charge in [0.25, 0.3) is 0 Å². The van der Waals surface area contributed by atoms with E-state index in [1.54, 1.807) is 7.11 Å². The first-order valence-corrected chi connectivity index (χ1v) is 9.81. The van der Waals surface area contributed by atoms with Crippen molar-refractivity contribution in [3.8, 4) is 5.75 Å². The van der Waals surface area contributed by atoms with E-state index in [0.717, 1.165) is 11.4 Å². The lowest BCUT2D eigenvalue weighted by atomic mass is 10.2. The van der Waals surface area contributed by atoms with Crippen molar-refractivity contribution in [2.45, 2.75) is 0 Å². The number of methoxy groups -OCH3 is 1. The monoisotopic (exact) mass is 375 g/mol. The second kappa shape index (κ2) is 8.55. The Balaban J connectivity index is 1.91. The standard InChI is InChI=1S/C15H22ClN3O4S/c1-23-14-5-3-2-4-13(14)18-7-9-19(10-8-18)24(21,22)11-6-17-15(20)12-16/h2-5H,6-12H2,1H3,(H,17,20). The van der Waals surface area contributed by atoms with Gasteiger partial charge in [-0.25, -0.2) is 8.42 Å². The van der Waals surface area contributed by atoms with Crippen molar-refractivity contribution >= 4 is 33.2 Å². The molecule has 1 saturated heterocycles. The first-order valence-electron chi connectivity index (χ1n) is 7.66. The van der Waals surface area contributed by atoms with Gasteiger partial charge in [-0.05, 0) is 12.1 Å². The maximum atomic E-state index is 12.3. The van der Waals surface area contributed by atoms with E-state index < -0.39 is 10.0 Å². The van der Waals surface area contributed by atoms with Gasteiger partial charge in [0.15, 0.2) is 0 Å². The van der Waals surface area contributed by atoms with Crippen LogP contribution in [-0.2, 0) is 14.8 Å². The number of nitrogens with zero attached hydrogens (tertiary/aromatic N) is 2. The van der Waals surface area contributed by atoms with Gasteiger partial charge >= 0.3 is 0 Å². The molecule has 0 radical (unpaired) electrons. The fourth-order valence-electron chi connectivity index (χ4n) is 2.59. The molecule has 1 N–H and O–H groups in total. The lowest BCUT2D eigenvalue weighted by Gasteiger charge is -2.35. The van der Waals surface area contributed by atoms with Gasteiger partial charge in [0.1, 0.15) is 11.6 Å². The Labute approximate surface area is 147 Å². The maximum Gasteiger partial charge on any atom is 0.234 e. The maximum absolute atomic E-state index is 12.3. The number of anilines is 1. The second-order valence-electron chi connectivity index (χ2n) is 5.36. The van der Waals surface area contributed by atoms with Gasteiger partial charge in [0, 0.05) is 32.7 Å². The van der Waals surface area contributed by atoms with E-state index in [2.05, 4.69) is 10.2 Å². The highest BCUT2D eigenvalue weighted by molar-refractivity contribution is 7.89. The first-order chi connectivity index (χ1) is 11.5. The zero-order valence-corrected chi connectivity index (χ0v) is 15.1. The lowest BCUT2D eigenvalue weighted by molar-refractivity contribution is -0.118. The van der Waals surface area contributed by atoms with E-state index in [0.29, 0.717) is 26.2 Å². The number of piperazine rings is 1. The second-order valence-corrected chi connectivity index (χ2v) is 7.71. The van der Waals surface area contributed by atoms with Crippen LogP contribution < -0.4 is 15.0 Å². The number of hydrogen-bond acceptors (Lipinski definition) is 5. The number of carbonyl (C=O) groups excluding carboxylic acids is 1. The van der Waals surface area contributed by atoms with Crippen molar-refractivity contribution in [3.05, 3.63) is 24.3 Å². The third kappa shape index (κ3) is 4.75. The van der Waals surface area contributed by atoms with Crippen LogP contribution >= 0.6 is 11.6 Å². The van der Waals surface area contributed by atoms with Crippen LogP contribution in [-0.4, -0.2) is 70.1 Å². The van der Waals surface area contributed by atoms with Crippen molar-refractivity contribution in [1.29, 1.82) is 0 Å².